The molecule has 2 N–H and O–H groups in total. The smallest absolute Gasteiger partial charge is 0.223 e. The number of nitrogens with two attached hydrogens (primary N) is 1. The summed E-state index contributed by atoms with van der Waals surface area (Å²) in [6.07, 6.45) is 10.4. The lowest BCUT2D eigenvalue weighted by atomic mass is 9.84. The molecule has 0 spiro atoms. The molecule has 6 heteroatoms. The van der Waals surface area contributed by atoms with E-state index in [-0.39, 0.29) is 17.9 Å². The lowest BCUT2D eigenvalue weighted by Gasteiger charge is -2.35. The van der Waals surface area contributed by atoms with E-state index < -0.39 is 0 Å². The third kappa shape index (κ3) is 3.75. The molecule has 0 bridgehead atoms. The van der Waals surface area contributed by atoms with Gasteiger partial charge in [0.2, 0.25) is 5.91 Å². The van der Waals surface area contributed by atoms with Gasteiger partial charge in [0.05, 0.1) is 23.8 Å². The number of piperidine rings is 1. The van der Waals surface area contributed by atoms with Gasteiger partial charge >= 0.3 is 0 Å². The van der Waals surface area contributed by atoms with Crippen LogP contribution in [0, 0.1) is 11.8 Å². The second kappa shape index (κ2) is 7.46. The molecule has 138 valence electrons. The van der Waals surface area contributed by atoms with E-state index in [1.807, 2.05) is 0 Å². The highest BCUT2D eigenvalue weighted by atomic mass is 16.5. The Morgan fingerprint density at radius 2 is 1.96 bits per heavy atom. The summed E-state index contributed by atoms with van der Waals surface area (Å²) in [5.41, 5.74) is 6.72. The average Bonchev–Trinajstić information content (AvgIpc) is 3.36. The molecular formula is C19H30N4O2. The van der Waals surface area contributed by atoms with Crippen molar-refractivity contribution in [2.75, 3.05) is 19.7 Å². The first-order valence-corrected chi connectivity index (χ1v) is 9.88. The van der Waals surface area contributed by atoms with Crippen LogP contribution in [-0.4, -0.2) is 46.4 Å². The van der Waals surface area contributed by atoms with Crippen LogP contribution in [0.25, 0.3) is 0 Å². The Morgan fingerprint density at radius 3 is 2.68 bits per heavy atom. The van der Waals surface area contributed by atoms with Gasteiger partial charge in [0, 0.05) is 19.3 Å². The zero-order valence-corrected chi connectivity index (χ0v) is 15.0. The Hall–Kier alpha value is -1.40. The molecule has 0 radical (unpaired) electrons. The number of ether oxygens (including phenoxy) is 1. The summed E-state index contributed by atoms with van der Waals surface area (Å²) in [6, 6.07) is 2.79. The van der Waals surface area contributed by atoms with Crippen molar-refractivity contribution in [2.45, 2.75) is 63.6 Å². The van der Waals surface area contributed by atoms with Gasteiger partial charge in [0.25, 0.3) is 0 Å². The van der Waals surface area contributed by atoms with Crippen molar-refractivity contribution < 1.29 is 9.53 Å². The highest BCUT2D eigenvalue weighted by Gasteiger charge is 2.39. The first kappa shape index (κ1) is 17.0. The molecule has 3 fully saturated rings. The summed E-state index contributed by atoms with van der Waals surface area (Å²) in [5.74, 6) is 0.188. The Bertz CT molecular complexity index is 588. The minimum atomic E-state index is -0.192. The number of primary amides is 1. The molecule has 1 aromatic rings. The highest BCUT2D eigenvalue weighted by Crippen LogP contribution is 2.33. The number of likely N-dealkylation sites (tertiary alicyclic amines) is 1. The molecule has 2 atom stereocenters. The predicted molar refractivity (Wildman–Crippen MR) is 94.8 cm³/mol. The minimum absolute atomic E-state index is 0.0428. The van der Waals surface area contributed by atoms with Crippen LogP contribution in [0.4, 0.5) is 0 Å². The zero-order valence-electron chi connectivity index (χ0n) is 15.0. The Balaban J connectivity index is 1.28. The summed E-state index contributed by atoms with van der Waals surface area (Å²) in [4.78, 5) is 14.1. The predicted octanol–water partition coefficient (Wildman–Crippen LogP) is 2.10. The number of nitrogens with zero attached hydrogens (tertiary/aromatic N) is 3. The van der Waals surface area contributed by atoms with Crippen molar-refractivity contribution in [3.8, 4) is 0 Å². The van der Waals surface area contributed by atoms with Crippen molar-refractivity contribution >= 4 is 5.91 Å². The van der Waals surface area contributed by atoms with Crippen LogP contribution < -0.4 is 5.73 Å². The second-order valence-electron chi connectivity index (χ2n) is 7.97. The van der Waals surface area contributed by atoms with Crippen LogP contribution in [0.5, 0.6) is 0 Å². The van der Waals surface area contributed by atoms with Crippen molar-refractivity contribution in [1.82, 2.24) is 14.7 Å². The molecule has 1 aromatic heterocycles. The third-order valence-corrected chi connectivity index (χ3v) is 6.35. The molecule has 4 rings (SSSR count). The van der Waals surface area contributed by atoms with Crippen LogP contribution in [-0.2, 0) is 16.1 Å². The molecule has 3 heterocycles. The van der Waals surface area contributed by atoms with E-state index in [1.165, 1.54) is 31.4 Å². The lowest BCUT2D eigenvalue weighted by Crippen LogP contribution is -2.42. The molecule has 6 nitrogen and oxygen atoms in total. The standard InChI is InChI=1S/C19H30N4O2/c20-19(24)17-8-12-25-18(17)14-5-9-22(10-6-14)13-15-7-11-23(21-15)16-3-1-2-4-16/h7,11,14,16-18H,1-6,8-10,12-13H2,(H2,20,24)/t17-,18+/m0/s1. The van der Waals surface area contributed by atoms with Crippen LogP contribution >= 0.6 is 0 Å². The summed E-state index contributed by atoms with van der Waals surface area (Å²) in [7, 11) is 0. The number of rotatable bonds is 5. The van der Waals surface area contributed by atoms with Crippen molar-refractivity contribution in [3.63, 3.8) is 0 Å². The van der Waals surface area contributed by atoms with Crippen LogP contribution in [0.2, 0.25) is 0 Å². The third-order valence-electron chi connectivity index (χ3n) is 6.35. The summed E-state index contributed by atoms with van der Waals surface area (Å²) in [6.45, 7) is 3.70. The maximum absolute atomic E-state index is 11.6. The van der Waals surface area contributed by atoms with Crippen molar-refractivity contribution in [2.24, 2.45) is 17.6 Å². The number of aromatic nitrogens is 2. The number of carbonyl (C=O) groups is 1. The summed E-state index contributed by atoms with van der Waals surface area (Å²) >= 11 is 0. The van der Waals surface area contributed by atoms with Gasteiger partial charge in [-0.05, 0) is 57.2 Å². The maximum Gasteiger partial charge on any atom is 0.223 e. The van der Waals surface area contributed by atoms with E-state index in [0.29, 0.717) is 18.6 Å². The van der Waals surface area contributed by atoms with E-state index in [9.17, 15) is 4.79 Å². The van der Waals surface area contributed by atoms with Gasteiger partial charge in [-0.25, -0.2) is 0 Å². The molecule has 2 aliphatic heterocycles. The van der Waals surface area contributed by atoms with E-state index in [4.69, 9.17) is 15.6 Å². The van der Waals surface area contributed by atoms with E-state index in [1.54, 1.807) is 0 Å². The zero-order chi connectivity index (χ0) is 17.2. The molecule has 2 saturated heterocycles. The fraction of sp³-hybridized carbons (Fsp3) is 0.789. The minimum Gasteiger partial charge on any atom is -0.377 e. The fourth-order valence-electron chi connectivity index (χ4n) is 4.88. The number of hydrogen-bond acceptors (Lipinski definition) is 4. The van der Waals surface area contributed by atoms with Crippen molar-refractivity contribution in [1.29, 1.82) is 0 Å². The maximum atomic E-state index is 11.6. The molecule has 3 aliphatic rings. The van der Waals surface area contributed by atoms with Gasteiger partial charge in [-0.3, -0.25) is 14.4 Å². The SMILES string of the molecule is NC(=O)[C@H]1CCO[C@@H]1C1CCN(Cc2ccn(C3CCCC3)n2)CC1. The van der Waals surface area contributed by atoms with Gasteiger partial charge in [0.1, 0.15) is 0 Å². The van der Waals surface area contributed by atoms with Gasteiger partial charge in [-0.2, -0.15) is 5.10 Å². The van der Waals surface area contributed by atoms with E-state index in [2.05, 4.69) is 21.8 Å². The van der Waals surface area contributed by atoms with Gasteiger partial charge in [0.15, 0.2) is 0 Å². The van der Waals surface area contributed by atoms with Crippen LogP contribution in [0.15, 0.2) is 12.3 Å². The quantitative estimate of drug-likeness (QED) is 0.886. The summed E-state index contributed by atoms with van der Waals surface area (Å²) in [5, 5.41) is 4.81. The lowest BCUT2D eigenvalue weighted by molar-refractivity contribution is -0.124. The van der Waals surface area contributed by atoms with Gasteiger partial charge < -0.3 is 10.5 Å². The topological polar surface area (TPSA) is 73.4 Å². The Kier molecular flexibility index (Phi) is 5.08. The van der Waals surface area contributed by atoms with Gasteiger partial charge in [-0.15, -0.1) is 0 Å². The number of hydrogen-bond donors (Lipinski definition) is 1. The largest absolute Gasteiger partial charge is 0.377 e. The highest BCUT2D eigenvalue weighted by molar-refractivity contribution is 5.77. The molecule has 25 heavy (non-hydrogen) atoms. The molecule has 1 saturated carbocycles. The first-order valence-electron chi connectivity index (χ1n) is 9.88. The number of amides is 1. The van der Waals surface area contributed by atoms with E-state index >= 15 is 0 Å². The summed E-state index contributed by atoms with van der Waals surface area (Å²) < 4.78 is 8.02. The van der Waals surface area contributed by atoms with Gasteiger partial charge in [-0.1, -0.05) is 12.8 Å². The number of carbonyl (C=O) groups excluding carboxylic acids is 1. The van der Waals surface area contributed by atoms with Crippen molar-refractivity contribution in [3.05, 3.63) is 18.0 Å². The molecule has 0 unspecified atom stereocenters. The fourth-order valence-corrected chi connectivity index (χ4v) is 4.88. The van der Waals surface area contributed by atoms with E-state index in [0.717, 1.165) is 38.9 Å². The molecule has 1 amide bonds. The monoisotopic (exact) mass is 346 g/mol. The normalized spacial score (nSPS) is 29.4. The average molecular weight is 346 g/mol. The molecule has 0 aromatic carbocycles. The molecule has 1 aliphatic carbocycles. The first-order chi connectivity index (χ1) is 12.2. The Morgan fingerprint density at radius 1 is 1.20 bits per heavy atom. The Labute approximate surface area is 149 Å². The second-order valence-corrected chi connectivity index (χ2v) is 7.97. The molecular weight excluding hydrogens is 316 g/mol. The van der Waals surface area contributed by atoms with Crippen LogP contribution in [0.3, 0.4) is 0 Å². The van der Waals surface area contributed by atoms with Crippen LogP contribution in [0.1, 0.15) is 56.7 Å².